The molecule has 0 radical (unpaired) electrons. The van der Waals surface area contributed by atoms with Crippen molar-refractivity contribution in [2.24, 2.45) is 0 Å². The van der Waals surface area contributed by atoms with Crippen molar-refractivity contribution in [1.29, 1.82) is 0 Å². The highest BCUT2D eigenvalue weighted by molar-refractivity contribution is 7.99. The van der Waals surface area contributed by atoms with E-state index in [0.717, 1.165) is 7.11 Å². The Morgan fingerprint density at radius 3 is 1.88 bits per heavy atom. The van der Waals surface area contributed by atoms with Crippen molar-refractivity contribution in [2.45, 2.75) is 36.8 Å². The molecule has 5 atom stereocenters. The zero-order valence-corrected chi connectivity index (χ0v) is 18.4. The van der Waals surface area contributed by atoms with Gasteiger partial charge in [-0.05, 0) is 30.0 Å². The van der Waals surface area contributed by atoms with E-state index in [1.165, 1.54) is 11.8 Å². The van der Waals surface area contributed by atoms with Crippen LogP contribution in [0.2, 0.25) is 0 Å². The number of ether oxygens (including phenoxy) is 4. The van der Waals surface area contributed by atoms with Gasteiger partial charge in [-0.2, -0.15) is 0 Å². The minimum Gasteiger partial charge on any atom is -0.467 e. The van der Waals surface area contributed by atoms with E-state index in [0.29, 0.717) is 5.75 Å². The molecule has 32 heavy (non-hydrogen) atoms. The normalized spacial score (nSPS) is 24.9. The minimum absolute atomic E-state index is 0.244. The second-order valence-electron chi connectivity index (χ2n) is 6.87. The topological polar surface area (TPSA) is 108 Å². The fourth-order valence-corrected chi connectivity index (χ4v) is 4.15. The fraction of sp³-hybridized carbons (Fsp3) is 0.348. The first-order chi connectivity index (χ1) is 15.5. The molecule has 2 aromatic carbocycles. The Balaban J connectivity index is 1.92. The quantitative estimate of drug-likeness (QED) is 0.492. The van der Waals surface area contributed by atoms with E-state index >= 15 is 0 Å². The number of carbonyl (C=O) groups is 3. The maximum absolute atomic E-state index is 12.7. The van der Waals surface area contributed by atoms with Crippen LogP contribution in [0, 0.1) is 0 Å². The number of aliphatic hydroxyl groups is 1. The standard InChI is InChI=1S/C23H24O8S/c1-3-32-23-19(30-21(26)15-12-8-5-9-13-15)17(16(24)18(31-23)22(27)28-2)29-20(25)14-10-6-4-7-11-14/h4-13,16-19,23-24H,3H2,1-2H3/t16-,17-,18-,19+,23-/m0/s1. The molecule has 1 aliphatic rings. The molecule has 3 rings (SSSR count). The summed E-state index contributed by atoms with van der Waals surface area (Å²) in [7, 11) is 1.16. The zero-order valence-electron chi connectivity index (χ0n) is 17.6. The Morgan fingerprint density at radius 1 is 0.906 bits per heavy atom. The molecule has 0 unspecified atom stereocenters. The maximum Gasteiger partial charge on any atom is 0.338 e. The van der Waals surface area contributed by atoms with Crippen molar-refractivity contribution in [2.75, 3.05) is 12.9 Å². The lowest BCUT2D eigenvalue weighted by Gasteiger charge is -2.42. The first-order valence-corrected chi connectivity index (χ1v) is 11.1. The Labute approximate surface area is 189 Å². The molecular weight excluding hydrogens is 436 g/mol. The second-order valence-corrected chi connectivity index (χ2v) is 8.24. The van der Waals surface area contributed by atoms with Gasteiger partial charge in [-0.25, -0.2) is 14.4 Å². The van der Waals surface area contributed by atoms with Crippen molar-refractivity contribution in [3.63, 3.8) is 0 Å². The summed E-state index contributed by atoms with van der Waals surface area (Å²) in [4.78, 5) is 37.7. The number of hydrogen-bond acceptors (Lipinski definition) is 9. The first kappa shape index (κ1) is 23.8. The number of benzene rings is 2. The maximum atomic E-state index is 12.7. The molecule has 9 heteroatoms. The summed E-state index contributed by atoms with van der Waals surface area (Å²) in [6, 6.07) is 16.4. The fourth-order valence-electron chi connectivity index (χ4n) is 3.22. The van der Waals surface area contributed by atoms with Gasteiger partial charge in [0.1, 0.15) is 11.5 Å². The van der Waals surface area contributed by atoms with Crippen molar-refractivity contribution in [3.05, 3.63) is 71.8 Å². The number of thioether (sulfide) groups is 1. The third-order valence-corrected chi connectivity index (χ3v) is 5.83. The third kappa shape index (κ3) is 5.48. The number of methoxy groups -OCH3 is 1. The summed E-state index contributed by atoms with van der Waals surface area (Å²) in [5.74, 6) is -1.69. The monoisotopic (exact) mass is 460 g/mol. The zero-order chi connectivity index (χ0) is 23.1. The highest BCUT2D eigenvalue weighted by Gasteiger charge is 2.52. The molecular formula is C23H24O8S. The molecule has 8 nitrogen and oxygen atoms in total. The number of aliphatic hydroxyl groups excluding tert-OH is 1. The van der Waals surface area contributed by atoms with Crippen LogP contribution in [0.1, 0.15) is 27.6 Å². The van der Waals surface area contributed by atoms with Crippen LogP contribution in [0.15, 0.2) is 60.7 Å². The molecule has 1 saturated heterocycles. The lowest BCUT2D eigenvalue weighted by Crippen LogP contribution is -2.61. The Hall–Kier alpha value is -2.88. The van der Waals surface area contributed by atoms with Gasteiger partial charge in [-0.15, -0.1) is 11.8 Å². The molecule has 0 bridgehead atoms. The highest BCUT2D eigenvalue weighted by Crippen LogP contribution is 2.33. The Bertz CT molecular complexity index is 920. The van der Waals surface area contributed by atoms with Gasteiger partial charge in [0.25, 0.3) is 0 Å². The molecule has 0 amide bonds. The van der Waals surface area contributed by atoms with Gasteiger partial charge < -0.3 is 24.1 Å². The average Bonchev–Trinajstić information content (AvgIpc) is 2.83. The highest BCUT2D eigenvalue weighted by atomic mass is 32.2. The molecule has 1 heterocycles. The predicted octanol–water partition coefficient (Wildman–Crippen LogP) is 2.45. The Morgan fingerprint density at radius 2 is 1.41 bits per heavy atom. The van der Waals surface area contributed by atoms with E-state index in [2.05, 4.69) is 0 Å². The third-order valence-electron chi connectivity index (χ3n) is 4.79. The Kier molecular flexibility index (Phi) is 8.26. The first-order valence-electron chi connectivity index (χ1n) is 10.0. The van der Waals surface area contributed by atoms with E-state index in [-0.39, 0.29) is 11.1 Å². The van der Waals surface area contributed by atoms with Crippen LogP contribution in [-0.4, -0.2) is 65.7 Å². The number of hydrogen-bond donors (Lipinski definition) is 1. The second kappa shape index (κ2) is 11.1. The van der Waals surface area contributed by atoms with Gasteiger partial charge in [-0.3, -0.25) is 0 Å². The SMILES string of the molecule is CCS[C@@H]1O[C@H](C(=O)OC)[C@@H](O)[C@H](OC(=O)c2ccccc2)[C@H]1OC(=O)c1ccccc1. The molecule has 1 aliphatic heterocycles. The van der Waals surface area contributed by atoms with Crippen molar-refractivity contribution < 1.29 is 38.4 Å². The van der Waals surface area contributed by atoms with Gasteiger partial charge in [0.05, 0.1) is 18.2 Å². The molecule has 2 aromatic rings. The molecule has 0 aromatic heterocycles. The molecule has 1 N–H and O–H groups in total. The van der Waals surface area contributed by atoms with E-state index in [1.54, 1.807) is 60.7 Å². The van der Waals surface area contributed by atoms with Gasteiger partial charge in [0.2, 0.25) is 0 Å². The van der Waals surface area contributed by atoms with E-state index < -0.39 is 47.8 Å². The van der Waals surface area contributed by atoms with Gasteiger partial charge >= 0.3 is 17.9 Å². The van der Waals surface area contributed by atoms with Crippen LogP contribution in [-0.2, 0) is 23.7 Å². The van der Waals surface area contributed by atoms with Crippen LogP contribution >= 0.6 is 11.8 Å². The summed E-state index contributed by atoms with van der Waals surface area (Å²) >= 11 is 1.25. The van der Waals surface area contributed by atoms with Gasteiger partial charge in [-0.1, -0.05) is 43.3 Å². The van der Waals surface area contributed by atoms with Crippen molar-refractivity contribution in [1.82, 2.24) is 0 Å². The van der Waals surface area contributed by atoms with Gasteiger partial charge in [0.15, 0.2) is 18.3 Å². The van der Waals surface area contributed by atoms with Gasteiger partial charge in [0, 0.05) is 0 Å². The molecule has 0 aliphatic carbocycles. The molecule has 170 valence electrons. The smallest absolute Gasteiger partial charge is 0.338 e. The minimum atomic E-state index is -1.61. The van der Waals surface area contributed by atoms with E-state index in [9.17, 15) is 19.5 Å². The van der Waals surface area contributed by atoms with Crippen LogP contribution in [0.5, 0.6) is 0 Å². The average molecular weight is 461 g/mol. The molecule has 1 fully saturated rings. The number of rotatable bonds is 7. The predicted molar refractivity (Wildman–Crippen MR) is 116 cm³/mol. The van der Waals surface area contributed by atoms with E-state index in [4.69, 9.17) is 18.9 Å². The summed E-state index contributed by atoms with van der Waals surface area (Å²) in [5, 5.41) is 10.9. The summed E-state index contributed by atoms with van der Waals surface area (Å²) in [6.45, 7) is 1.85. The summed E-state index contributed by atoms with van der Waals surface area (Å²) < 4.78 is 21.7. The van der Waals surface area contributed by atoms with Crippen LogP contribution in [0.25, 0.3) is 0 Å². The molecule has 0 saturated carbocycles. The molecule has 0 spiro atoms. The van der Waals surface area contributed by atoms with Crippen LogP contribution < -0.4 is 0 Å². The lowest BCUT2D eigenvalue weighted by atomic mass is 9.99. The van der Waals surface area contributed by atoms with Crippen LogP contribution in [0.4, 0.5) is 0 Å². The lowest BCUT2D eigenvalue weighted by molar-refractivity contribution is -0.211. The summed E-state index contributed by atoms with van der Waals surface area (Å²) in [5.41, 5.74) is -0.354. The number of carbonyl (C=O) groups excluding carboxylic acids is 3. The van der Waals surface area contributed by atoms with E-state index in [1.807, 2.05) is 6.92 Å². The summed E-state index contributed by atoms with van der Waals surface area (Å²) in [6.07, 6.45) is -5.56. The largest absolute Gasteiger partial charge is 0.467 e. The number of esters is 3. The van der Waals surface area contributed by atoms with Crippen molar-refractivity contribution in [3.8, 4) is 0 Å². The van der Waals surface area contributed by atoms with Crippen LogP contribution in [0.3, 0.4) is 0 Å². The van der Waals surface area contributed by atoms with Crippen molar-refractivity contribution >= 4 is 29.7 Å².